The van der Waals surface area contributed by atoms with Gasteiger partial charge in [-0.15, -0.1) is 0 Å². The quantitative estimate of drug-likeness (QED) is 0.844. The van der Waals surface area contributed by atoms with E-state index in [0.717, 1.165) is 12.1 Å². The van der Waals surface area contributed by atoms with E-state index in [-0.39, 0.29) is 12.0 Å². The first-order valence-corrected chi connectivity index (χ1v) is 6.73. The molecule has 0 heterocycles. The van der Waals surface area contributed by atoms with E-state index in [4.69, 9.17) is 5.11 Å². The largest absolute Gasteiger partial charge is 0.384 e. The number of hydrogen-bond donors (Lipinski definition) is 1. The van der Waals surface area contributed by atoms with Gasteiger partial charge in [0.1, 0.15) is 6.61 Å². The van der Waals surface area contributed by atoms with Crippen molar-refractivity contribution in [2.24, 2.45) is 5.41 Å². The van der Waals surface area contributed by atoms with Crippen molar-refractivity contribution in [3.63, 3.8) is 0 Å². The van der Waals surface area contributed by atoms with Crippen molar-refractivity contribution < 1.29 is 5.11 Å². The lowest BCUT2D eigenvalue weighted by molar-refractivity contribution is 0.134. The molecule has 19 heavy (non-hydrogen) atoms. The molecule has 0 aromatic heterocycles. The summed E-state index contributed by atoms with van der Waals surface area (Å²) in [7, 11) is 2.16. The summed E-state index contributed by atoms with van der Waals surface area (Å²) in [6.45, 7) is 9.91. The van der Waals surface area contributed by atoms with Gasteiger partial charge in [0.25, 0.3) is 0 Å². The van der Waals surface area contributed by atoms with E-state index in [0.29, 0.717) is 6.04 Å². The lowest BCUT2D eigenvalue weighted by Crippen LogP contribution is -2.38. The zero-order chi connectivity index (χ0) is 14.5. The summed E-state index contributed by atoms with van der Waals surface area (Å²) >= 11 is 0. The normalized spacial score (nSPS) is 13.0. The first kappa shape index (κ1) is 15.8. The van der Waals surface area contributed by atoms with E-state index in [1.54, 1.807) is 0 Å². The molecule has 0 bridgehead atoms. The second kappa shape index (κ2) is 6.75. The van der Waals surface area contributed by atoms with Crippen LogP contribution in [0, 0.1) is 17.3 Å². The smallest absolute Gasteiger partial charge is 0.104 e. The zero-order valence-corrected chi connectivity index (χ0v) is 12.7. The molecule has 1 N–H and O–H groups in total. The first-order chi connectivity index (χ1) is 8.84. The summed E-state index contributed by atoms with van der Waals surface area (Å²) in [4.78, 5) is 2.37. The minimum absolute atomic E-state index is 0.0897. The maximum Gasteiger partial charge on any atom is 0.104 e. The van der Waals surface area contributed by atoms with Crippen molar-refractivity contribution >= 4 is 0 Å². The lowest BCUT2D eigenvalue weighted by Gasteiger charge is -2.35. The van der Waals surface area contributed by atoms with E-state index < -0.39 is 0 Å². The molecule has 0 aliphatic heterocycles. The molecule has 0 spiro atoms. The molecule has 2 nitrogen and oxygen atoms in total. The molecule has 0 fully saturated rings. The number of rotatable bonds is 3. The highest BCUT2D eigenvalue weighted by atomic mass is 16.2. The second-order valence-corrected chi connectivity index (χ2v) is 6.11. The van der Waals surface area contributed by atoms with Crippen LogP contribution in [-0.2, 0) is 6.54 Å². The second-order valence-electron chi connectivity index (χ2n) is 6.11. The van der Waals surface area contributed by atoms with Gasteiger partial charge < -0.3 is 5.11 Å². The Hall–Kier alpha value is -1.30. The van der Waals surface area contributed by atoms with Gasteiger partial charge in [-0.25, -0.2) is 0 Å². The molecular formula is C17H25NO. The third-order valence-electron chi connectivity index (χ3n) is 3.61. The average molecular weight is 259 g/mol. The van der Waals surface area contributed by atoms with Gasteiger partial charge in [-0.05, 0) is 37.1 Å². The van der Waals surface area contributed by atoms with E-state index in [2.05, 4.69) is 63.6 Å². The maximum atomic E-state index is 8.66. The van der Waals surface area contributed by atoms with Gasteiger partial charge in [0.05, 0.1) is 0 Å². The number of nitrogens with zero attached hydrogens (tertiary/aromatic N) is 1. The van der Waals surface area contributed by atoms with Crippen LogP contribution in [0.15, 0.2) is 24.3 Å². The average Bonchev–Trinajstić information content (AvgIpc) is 2.36. The Morgan fingerprint density at radius 1 is 1.21 bits per heavy atom. The number of aliphatic hydroxyl groups excluding tert-OH is 1. The fourth-order valence-electron chi connectivity index (χ4n) is 1.92. The molecule has 1 rings (SSSR count). The number of benzene rings is 1. The van der Waals surface area contributed by atoms with Gasteiger partial charge >= 0.3 is 0 Å². The fourth-order valence-corrected chi connectivity index (χ4v) is 1.92. The third-order valence-corrected chi connectivity index (χ3v) is 3.61. The highest BCUT2D eigenvalue weighted by Crippen LogP contribution is 2.24. The Balaban J connectivity index is 2.68. The highest BCUT2D eigenvalue weighted by Gasteiger charge is 2.23. The molecular weight excluding hydrogens is 234 g/mol. The van der Waals surface area contributed by atoms with Crippen molar-refractivity contribution in [2.45, 2.75) is 40.3 Å². The summed E-state index contributed by atoms with van der Waals surface area (Å²) < 4.78 is 0. The molecule has 0 saturated heterocycles. The zero-order valence-electron chi connectivity index (χ0n) is 12.7. The summed E-state index contributed by atoms with van der Waals surface area (Å²) in [5, 5.41) is 8.66. The van der Waals surface area contributed by atoms with Gasteiger partial charge in [-0.2, -0.15) is 0 Å². The Morgan fingerprint density at radius 2 is 1.79 bits per heavy atom. The van der Waals surface area contributed by atoms with Crippen molar-refractivity contribution in [2.75, 3.05) is 13.7 Å². The van der Waals surface area contributed by atoms with Crippen molar-refractivity contribution in [3.8, 4) is 11.8 Å². The van der Waals surface area contributed by atoms with Crippen LogP contribution in [0.3, 0.4) is 0 Å². The molecule has 0 aliphatic carbocycles. The molecule has 1 aromatic rings. The minimum atomic E-state index is -0.0897. The Labute approximate surface area is 117 Å². The van der Waals surface area contributed by atoms with Crippen molar-refractivity contribution in [1.29, 1.82) is 0 Å². The Kier molecular flexibility index (Phi) is 5.60. The first-order valence-electron chi connectivity index (χ1n) is 6.73. The molecule has 0 amide bonds. The minimum Gasteiger partial charge on any atom is -0.384 e. The van der Waals surface area contributed by atoms with Crippen LogP contribution in [0.1, 0.15) is 38.8 Å². The third kappa shape index (κ3) is 5.06. The van der Waals surface area contributed by atoms with Crippen molar-refractivity contribution in [3.05, 3.63) is 35.4 Å². The van der Waals surface area contributed by atoms with Crippen LogP contribution in [-0.4, -0.2) is 29.7 Å². The standard InChI is InChI=1S/C17H25NO/c1-14(17(2,3)4)18(5)13-16-10-8-15(9-11-16)7-6-12-19/h8-11,14,19H,12-13H2,1-5H3. The number of hydrogen-bond acceptors (Lipinski definition) is 2. The van der Waals surface area contributed by atoms with Gasteiger partial charge in [0, 0.05) is 18.2 Å². The molecule has 104 valence electrons. The highest BCUT2D eigenvalue weighted by molar-refractivity contribution is 5.36. The van der Waals surface area contributed by atoms with Crippen LogP contribution in [0.2, 0.25) is 0 Å². The number of aliphatic hydroxyl groups is 1. The Morgan fingerprint density at radius 3 is 2.26 bits per heavy atom. The summed E-state index contributed by atoms with van der Waals surface area (Å²) in [5.41, 5.74) is 2.51. The van der Waals surface area contributed by atoms with Crippen LogP contribution in [0.5, 0.6) is 0 Å². The monoisotopic (exact) mass is 259 g/mol. The lowest BCUT2D eigenvalue weighted by atomic mass is 9.87. The van der Waals surface area contributed by atoms with Crippen LogP contribution in [0.25, 0.3) is 0 Å². The van der Waals surface area contributed by atoms with Crippen LogP contribution < -0.4 is 0 Å². The fraction of sp³-hybridized carbons (Fsp3) is 0.529. The molecule has 0 saturated carbocycles. The van der Waals surface area contributed by atoms with Gasteiger partial charge in [0.15, 0.2) is 0 Å². The van der Waals surface area contributed by atoms with Crippen LogP contribution in [0.4, 0.5) is 0 Å². The molecule has 0 radical (unpaired) electrons. The van der Waals surface area contributed by atoms with E-state index in [1.807, 2.05) is 12.1 Å². The molecule has 1 atom stereocenters. The summed E-state index contributed by atoms with van der Waals surface area (Å²) in [6.07, 6.45) is 0. The topological polar surface area (TPSA) is 23.5 Å². The molecule has 0 aliphatic rings. The predicted molar refractivity (Wildman–Crippen MR) is 80.8 cm³/mol. The van der Waals surface area contributed by atoms with Gasteiger partial charge in [-0.3, -0.25) is 4.90 Å². The van der Waals surface area contributed by atoms with Crippen molar-refractivity contribution in [1.82, 2.24) is 4.90 Å². The predicted octanol–water partition coefficient (Wildman–Crippen LogP) is 2.90. The summed E-state index contributed by atoms with van der Waals surface area (Å²) in [5.74, 6) is 5.57. The van der Waals surface area contributed by atoms with E-state index >= 15 is 0 Å². The van der Waals surface area contributed by atoms with Gasteiger partial charge in [-0.1, -0.05) is 44.7 Å². The van der Waals surface area contributed by atoms with E-state index in [1.165, 1.54) is 5.56 Å². The molecule has 2 heteroatoms. The van der Waals surface area contributed by atoms with E-state index in [9.17, 15) is 0 Å². The maximum absolute atomic E-state index is 8.66. The van der Waals surface area contributed by atoms with Gasteiger partial charge in [0.2, 0.25) is 0 Å². The Bertz CT molecular complexity index is 445. The van der Waals surface area contributed by atoms with Crippen LogP contribution >= 0.6 is 0 Å². The molecule has 1 aromatic carbocycles. The SMILES string of the molecule is CC(N(C)Cc1ccc(C#CCO)cc1)C(C)(C)C. The summed E-state index contributed by atoms with van der Waals surface area (Å²) in [6, 6.07) is 8.74. The molecule has 1 unspecified atom stereocenters.